The van der Waals surface area contributed by atoms with Crippen molar-refractivity contribution in [2.75, 3.05) is 13.1 Å². The SMILES string of the molecule is Cc1cc(O)ccc1C(=O)N1CC[C@@H](O)C1. The van der Waals surface area contributed by atoms with E-state index < -0.39 is 6.10 Å². The summed E-state index contributed by atoms with van der Waals surface area (Å²) in [5, 5.41) is 18.6. The smallest absolute Gasteiger partial charge is 0.254 e. The molecule has 0 aliphatic carbocycles. The van der Waals surface area contributed by atoms with Crippen molar-refractivity contribution in [1.29, 1.82) is 0 Å². The molecule has 1 fully saturated rings. The number of nitrogens with zero attached hydrogens (tertiary/aromatic N) is 1. The lowest BCUT2D eigenvalue weighted by Crippen LogP contribution is -2.30. The number of hydrogen-bond acceptors (Lipinski definition) is 3. The van der Waals surface area contributed by atoms with Gasteiger partial charge in [-0.25, -0.2) is 0 Å². The third-order valence-electron chi connectivity index (χ3n) is 2.89. The molecule has 1 aliphatic rings. The number of likely N-dealkylation sites (tertiary alicyclic amines) is 1. The quantitative estimate of drug-likeness (QED) is 0.741. The molecule has 0 aromatic heterocycles. The van der Waals surface area contributed by atoms with Crippen molar-refractivity contribution < 1.29 is 15.0 Å². The lowest BCUT2D eigenvalue weighted by Gasteiger charge is -2.16. The van der Waals surface area contributed by atoms with E-state index in [1.54, 1.807) is 24.0 Å². The molecule has 16 heavy (non-hydrogen) atoms. The highest BCUT2D eigenvalue weighted by molar-refractivity contribution is 5.96. The third kappa shape index (κ3) is 2.02. The summed E-state index contributed by atoms with van der Waals surface area (Å²) in [5.74, 6) is 0.0876. The maximum Gasteiger partial charge on any atom is 0.254 e. The van der Waals surface area contributed by atoms with Crippen LogP contribution in [0.25, 0.3) is 0 Å². The van der Waals surface area contributed by atoms with Crippen molar-refractivity contribution in [3.05, 3.63) is 29.3 Å². The monoisotopic (exact) mass is 221 g/mol. The molecule has 2 N–H and O–H groups in total. The summed E-state index contributed by atoms with van der Waals surface area (Å²) in [4.78, 5) is 13.7. The van der Waals surface area contributed by atoms with Crippen molar-refractivity contribution in [2.45, 2.75) is 19.4 Å². The van der Waals surface area contributed by atoms with Gasteiger partial charge in [-0.3, -0.25) is 4.79 Å². The van der Waals surface area contributed by atoms with Gasteiger partial charge in [-0.1, -0.05) is 0 Å². The molecule has 2 rings (SSSR count). The average Bonchev–Trinajstić information content (AvgIpc) is 2.64. The Morgan fingerprint density at radius 2 is 2.25 bits per heavy atom. The fraction of sp³-hybridized carbons (Fsp3) is 0.417. The molecular formula is C12H15NO3. The van der Waals surface area contributed by atoms with Crippen molar-refractivity contribution in [1.82, 2.24) is 4.90 Å². The number of amides is 1. The Bertz CT molecular complexity index is 417. The number of aromatic hydroxyl groups is 1. The van der Waals surface area contributed by atoms with E-state index >= 15 is 0 Å². The van der Waals surface area contributed by atoms with Gasteiger partial charge in [-0.2, -0.15) is 0 Å². The van der Waals surface area contributed by atoms with E-state index in [0.29, 0.717) is 25.1 Å². The Morgan fingerprint density at radius 1 is 1.50 bits per heavy atom. The standard InChI is InChI=1S/C12H15NO3/c1-8-6-9(14)2-3-11(8)12(16)13-5-4-10(15)7-13/h2-3,6,10,14-15H,4-5,7H2,1H3/t10-/m1/s1. The number of β-amino-alcohol motifs (C(OH)–C–C–N with tert-alkyl or cyclic N) is 1. The van der Waals surface area contributed by atoms with Gasteiger partial charge < -0.3 is 15.1 Å². The van der Waals surface area contributed by atoms with Crippen molar-refractivity contribution in [2.24, 2.45) is 0 Å². The first-order chi connectivity index (χ1) is 7.58. The Balaban J connectivity index is 2.21. The third-order valence-corrected chi connectivity index (χ3v) is 2.89. The van der Waals surface area contributed by atoms with Crippen molar-refractivity contribution in [3.8, 4) is 5.75 Å². The van der Waals surface area contributed by atoms with Gasteiger partial charge in [0.25, 0.3) is 5.91 Å². The molecule has 1 amide bonds. The van der Waals surface area contributed by atoms with Crippen LogP contribution in [0.4, 0.5) is 0 Å². The number of carbonyl (C=O) groups excluding carboxylic acids is 1. The number of rotatable bonds is 1. The van der Waals surface area contributed by atoms with E-state index in [9.17, 15) is 15.0 Å². The van der Waals surface area contributed by atoms with Gasteiger partial charge in [0, 0.05) is 18.7 Å². The molecule has 0 unspecified atom stereocenters. The summed E-state index contributed by atoms with van der Waals surface area (Å²) in [7, 11) is 0. The summed E-state index contributed by atoms with van der Waals surface area (Å²) in [5.41, 5.74) is 1.35. The first kappa shape index (κ1) is 11.0. The number of aliphatic hydroxyl groups is 1. The molecule has 1 aromatic carbocycles. The zero-order chi connectivity index (χ0) is 11.7. The lowest BCUT2D eigenvalue weighted by molar-refractivity contribution is 0.0764. The molecule has 4 heteroatoms. The first-order valence-electron chi connectivity index (χ1n) is 5.35. The van der Waals surface area contributed by atoms with Gasteiger partial charge in [0.2, 0.25) is 0 Å². The van der Waals surface area contributed by atoms with E-state index in [1.165, 1.54) is 6.07 Å². The number of phenolic OH excluding ortho intramolecular Hbond substituents is 1. The Hall–Kier alpha value is -1.55. The molecule has 0 radical (unpaired) electrons. The fourth-order valence-corrected chi connectivity index (χ4v) is 1.98. The fourth-order valence-electron chi connectivity index (χ4n) is 1.98. The number of phenols is 1. The van der Waals surface area contributed by atoms with E-state index in [2.05, 4.69) is 0 Å². The summed E-state index contributed by atoms with van der Waals surface area (Å²) in [6, 6.07) is 4.70. The number of aryl methyl sites for hydroxylation is 1. The number of aliphatic hydroxyl groups excluding tert-OH is 1. The minimum absolute atomic E-state index is 0.0750. The molecule has 1 aliphatic heterocycles. The van der Waals surface area contributed by atoms with Crippen LogP contribution in [-0.4, -0.2) is 40.2 Å². The number of carbonyl (C=O) groups is 1. The minimum Gasteiger partial charge on any atom is -0.508 e. The van der Waals surface area contributed by atoms with Crippen LogP contribution in [0.3, 0.4) is 0 Å². The van der Waals surface area contributed by atoms with E-state index in [-0.39, 0.29) is 11.7 Å². The van der Waals surface area contributed by atoms with Crippen LogP contribution in [-0.2, 0) is 0 Å². The van der Waals surface area contributed by atoms with Crippen LogP contribution in [0.15, 0.2) is 18.2 Å². The normalized spacial score (nSPS) is 20.1. The van der Waals surface area contributed by atoms with Crippen LogP contribution < -0.4 is 0 Å². The molecule has 0 spiro atoms. The molecular weight excluding hydrogens is 206 g/mol. The Labute approximate surface area is 94.1 Å². The van der Waals surface area contributed by atoms with Crippen LogP contribution in [0.1, 0.15) is 22.3 Å². The van der Waals surface area contributed by atoms with Gasteiger partial charge in [-0.15, -0.1) is 0 Å². The van der Waals surface area contributed by atoms with Gasteiger partial charge >= 0.3 is 0 Å². The highest BCUT2D eigenvalue weighted by Crippen LogP contribution is 2.19. The van der Waals surface area contributed by atoms with E-state index in [4.69, 9.17) is 0 Å². The average molecular weight is 221 g/mol. The van der Waals surface area contributed by atoms with E-state index in [0.717, 1.165) is 5.56 Å². The lowest BCUT2D eigenvalue weighted by atomic mass is 10.1. The van der Waals surface area contributed by atoms with Crippen LogP contribution in [0.5, 0.6) is 5.75 Å². The van der Waals surface area contributed by atoms with Crippen LogP contribution in [0.2, 0.25) is 0 Å². The van der Waals surface area contributed by atoms with Gasteiger partial charge in [-0.05, 0) is 37.1 Å². The van der Waals surface area contributed by atoms with Gasteiger partial charge in [0.1, 0.15) is 5.75 Å². The molecule has 1 atom stereocenters. The zero-order valence-corrected chi connectivity index (χ0v) is 9.18. The molecule has 1 aromatic rings. The highest BCUT2D eigenvalue weighted by atomic mass is 16.3. The molecule has 0 bridgehead atoms. The second-order valence-electron chi connectivity index (χ2n) is 4.19. The number of benzene rings is 1. The summed E-state index contributed by atoms with van der Waals surface area (Å²) in [6.07, 6.45) is 0.240. The van der Waals surface area contributed by atoms with Crippen molar-refractivity contribution in [3.63, 3.8) is 0 Å². The predicted molar refractivity (Wildman–Crippen MR) is 59.4 cm³/mol. The summed E-state index contributed by atoms with van der Waals surface area (Å²) in [6.45, 7) is 2.79. The molecule has 4 nitrogen and oxygen atoms in total. The number of hydrogen-bond donors (Lipinski definition) is 2. The van der Waals surface area contributed by atoms with Gasteiger partial charge in [0.15, 0.2) is 0 Å². The molecule has 86 valence electrons. The van der Waals surface area contributed by atoms with Gasteiger partial charge in [0.05, 0.1) is 6.10 Å². The topological polar surface area (TPSA) is 60.8 Å². The first-order valence-corrected chi connectivity index (χ1v) is 5.35. The second-order valence-corrected chi connectivity index (χ2v) is 4.19. The predicted octanol–water partition coefficient (Wildman–Crippen LogP) is 0.907. The second kappa shape index (κ2) is 4.14. The van der Waals surface area contributed by atoms with E-state index in [1.807, 2.05) is 0 Å². The Kier molecular flexibility index (Phi) is 2.83. The minimum atomic E-state index is -0.402. The molecule has 0 saturated carbocycles. The van der Waals surface area contributed by atoms with Crippen LogP contribution in [0, 0.1) is 6.92 Å². The summed E-state index contributed by atoms with van der Waals surface area (Å²) >= 11 is 0. The maximum absolute atomic E-state index is 12.1. The maximum atomic E-state index is 12.1. The molecule has 1 saturated heterocycles. The summed E-state index contributed by atoms with van der Waals surface area (Å²) < 4.78 is 0. The zero-order valence-electron chi connectivity index (χ0n) is 9.18. The molecule has 1 heterocycles. The highest BCUT2D eigenvalue weighted by Gasteiger charge is 2.26. The largest absolute Gasteiger partial charge is 0.508 e. The van der Waals surface area contributed by atoms with Crippen LogP contribution >= 0.6 is 0 Å². The van der Waals surface area contributed by atoms with Crippen molar-refractivity contribution >= 4 is 5.91 Å². The Morgan fingerprint density at radius 3 is 2.81 bits per heavy atom.